The van der Waals surface area contributed by atoms with Gasteiger partial charge in [-0.3, -0.25) is 9.36 Å². The van der Waals surface area contributed by atoms with Crippen molar-refractivity contribution < 1.29 is 28.5 Å². The number of nitrogens with zero attached hydrogens (tertiary/aromatic N) is 2. The van der Waals surface area contributed by atoms with Gasteiger partial charge in [-0.2, -0.15) is 0 Å². The molecule has 0 amide bonds. The highest BCUT2D eigenvalue weighted by Crippen LogP contribution is 2.37. The fourth-order valence-electron chi connectivity index (χ4n) is 5.01. The Morgan fingerprint density at radius 2 is 1.78 bits per heavy atom. The quantitative estimate of drug-likeness (QED) is 0.152. The molecule has 0 unspecified atom stereocenters. The van der Waals surface area contributed by atoms with Crippen LogP contribution in [0.25, 0.3) is 6.08 Å². The van der Waals surface area contributed by atoms with Gasteiger partial charge < -0.3 is 23.7 Å². The molecular formula is C33H30ClIN2O7S. The predicted molar refractivity (Wildman–Crippen MR) is 181 cm³/mol. The molecule has 3 aromatic carbocycles. The smallest absolute Gasteiger partial charge is 0.338 e. The molecule has 234 valence electrons. The van der Waals surface area contributed by atoms with Crippen molar-refractivity contribution in [1.82, 2.24) is 4.57 Å². The first-order chi connectivity index (χ1) is 21.7. The summed E-state index contributed by atoms with van der Waals surface area (Å²) in [5.74, 6) is 1.53. The van der Waals surface area contributed by atoms with E-state index in [4.69, 9.17) is 35.3 Å². The third kappa shape index (κ3) is 6.61. The zero-order chi connectivity index (χ0) is 32.2. The fraction of sp³-hybridized carbons (Fsp3) is 0.242. The predicted octanol–water partition coefficient (Wildman–Crippen LogP) is 5.66. The summed E-state index contributed by atoms with van der Waals surface area (Å²) in [6.45, 7) is 3.92. The lowest BCUT2D eigenvalue weighted by atomic mass is 9.95. The highest BCUT2D eigenvalue weighted by molar-refractivity contribution is 14.1. The van der Waals surface area contributed by atoms with Crippen LogP contribution in [0.4, 0.5) is 0 Å². The second kappa shape index (κ2) is 14.1. The highest BCUT2D eigenvalue weighted by atomic mass is 127. The van der Waals surface area contributed by atoms with Crippen molar-refractivity contribution in [1.29, 1.82) is 0 Å². The second-order valence-electron chi connectivity index (χ2n) is 9.83. The maximum atomic E-state index is 14.1. The number of thiazole rings is 1. The van der Waals surface area contributed by atoms with Crippen LogP contribution in [0.3, 0.4) is 0 Å². The van der Waals surface area contributed by atoms with Crippen LogP contribution in [0.5, 0.6) is 23.0 Å². The first-order valence-corrected chi connectivity index (χ1v) is 16.1. The molecule has 0 bridgehead atoms. The van der Waals surface area contributed by atoms with Gasteiger partial charge in [0.05, 0.1) is 53.4 Å². The van der Waals surface area contributed by atoms with Crippen LogP contribution in [-0.4, -0.2) is 38.5 Å². The molecule has 0 saturated heterocycles. The minimum Gasteiger partial charge on any atom is -0.493 e. The topological polar surface area (TPSA) is 97.6 Å². The number of hydrogen-bond acceptors (Lipinski definition) is 9. The molecular weight excluding hydrogens is 731 g/mol. The van der Waals surface area contributed by atoms with Crippen molar-refractivity contribution >= 4 is 57.6 Å². The van der Waals surface area contributed by atoms with Gasteiger partial charge in [-0.25, -0.2) is 9.79 Å². The molecule has 0 radical (unpaired) electrons. The summed E-state index contributed by atoms with van der Waals surface area (Å²) in [5, 5.41) is 0.617. The SMILES string of the molecule is CCOC(=O)C1=C(C)N=c2s/c(=C\c3cc(I)c(OCc4ccccc4Cl)c(OC)c3)c(=O)n2[C@H]1c1ccc(OC)c(OC)c1. The molecule has 1 aliphatic rings. The number of halogens is 2. The molecule has 1 aliphatic heterocycles. The third-order valence-corrected chi connectivity index (χ3v) is 9.27. The third-order valence-electron chi connectivity index (χ3n) is 7.12. The van der Waals surface area contributed by atoms with E-state index in [2.05, 4.69) is 27.6 Å². The summed E-state index contributed by atoms with van der Waals surface area (Å²) in [6.07, 6.45) is 1.78. The van der Waals surface area contributed by atoms with Gasteiger partial charge in [0.15, 0.2) is 27.8 Å². The van der Waals surface area contributed by atoms with E-state index in [0.717, 1.165) is 14.7 Å². The summed E-state index contributed by atoms with van der Waals surface area (Å²) in [6, 6.07) is 15.7. The average Bonchev–Trinajstić information content (AvgIpc) is 3.33. The monoisotopic (exact) mass is 760 g/mol. The van der Waals surface area contributed by atoms with Crippen molar-refractivity contribution in [2.24, 2.45) is 4.99 Å². The van der Waals surface area contributed by atoms with Gasteiger partial charge in [0, 0.05) is 10.6 Å². The molecule has 0 fully saturated rings. The maximum absolute atomic E-state index is 14.1. The lowest BCUT2D eigenvalue weighted by Crippen LogP contribution is -2.40. The van der Waals surface area contributed by atoms with Gasteiger partial charge in [-0.15, -0.1) is 0 Å². The summed E-state index contributed by atoms with van der Waals surface area (Å²) >= 11 is 9.72. The molecule has 2 heterocycles. The van der Waals surface area contributed by atoms with Gasteiger partial charge in [0.1, 0.15) is 6.61 Å². The molecule has 5 rings (SSSR count). The standard InChI is InChI=1S/C33H30ClIN2O7S/c1-6-43-32(39)28-18(2)36-33-37(29(28)20-11-12-24(40-3)25(16-20)41-4)31(38)27(45-33)15-19-13-23(35)30(26(14-19)42-5)44-17-21-9-7-8-10-22(21)34/h7-16,29H,6,17H2,1-5H3/b27-15-/t29-/m0/s1. The first kappa shape index (κ1) is 32.6. The number of aromatic nitrogens is 1. The zero-order valence-electron chi connectivity index (χ0n) is 25.2. The van der Waals surface area contributed by atoms with E-state index < -0.39 is 12.0 Å². The highest BCUT2D eigenvalue weighted by Gasteiger charge is 2.34. The molecule has 0 N–H and O–H groups in total. The van der Waals surface area contributed by atoms with Crippen LogP contribution in [0.15, 0.2) is 75.7 Å². The molecule has 4 aromatic rings. The lowest BCUT2D eigenvalue weighted by molar-refractivity contribution is -0.139. The van der Waals surface area contributed by atoms with Crippen molar-refractivity contribution in [3.05, 3.63) is 111 Å². The van der Waals surface area contributed by atoms with Crippen LogP contribution in [0.2, 0.25) is 5.02 Å². The number of ether oxygens (including phenoxy) is 5. The van der Waals surface area contributed by atoms with Crippen molar-refractivity contribution in [3.63, 3.8) is 0 Å². The molecule has 0 aliphatic carbocycles. The number of fused-ring (bicyclic) bond motifs is 1. The summed E-state index contributed by atoms with van der Waals surface area (Å²) in [7, 11) is 4.64. The number of hydrogen-bond donors (Lipinski definition) is 0. The average molecular weight is 761 g/mol. The number of carbonyl (C=O) groups is 1. The number of carbonyl (C=O) groups excluding carboxylic acids is 1. The van der Waals surface area contributed by atoms with E-state index in [0.29, 0.717) is 48.6 Å². The van der Waals surface area contributed by atoms with Crippen LogP contribution in [0.1, 0.15) is 36.6 Å². The van der Waals surface area contributed by atoms with E-state index in [9.17, 15) is 9.59 Å². The molecule has 1 atom stereocenters. The number of allylic oxidation sites excluding steroid dienone is 1. The summed E-state index contributed by atoms with van der Waals surface area (Å²) in [4.78, 5) is 32.4. The van der Waals surface area contributed by atoms with E-state index in [1.54, 1.807) is 52.3 Å². The van der Waals surface area contributed by atoms with Crippen LogP contribution in [-0.2, 0) is 16.1 Å². The number of rotatable bonds is 10. The molecule has 9 nitrogen and oxygen atoms in total. The Morgan fingerprint density at radius 1 is 1.04 bits per heavy atom. The minimum atomic E-state index is -0.794. The maximum Gasteiger partial charge on any atom is 0.338 e. The van der Waals surface area contributed by atoms with Gasteiger partial charge in [-0.05, 0) is 84.0 Å². The van der Waals surface area contributed by atoms with Gasteiger partial charge in [-0.1, -0.05) is 47.2 Å². The zero-order valence-corrected chi connectivity index (χ0v) is 28.9. The molecule has 12 heteroatoms. The number of esters is 1. The normalized spacial score (nSPS) is 14.5. The van der Waals surface area contributed by atoms with E-state index in [1.165, 1.54) is 23.0 Å². The molecule has 45 heavy (non-hydrogen) atoms. The summed E-state index contributed by atoms with van der Waals surface area (Å²) in [5.41, 5.74) is 2.67. The Morgan fingerprint density at radius 3 is 2.47 bits per heavy atom. The van der Waals surface area contributed by atoms with Gasteiger partial charge >= 0.3 is 5.97 Å². The number of benzene rings is 3. The number of methoxy groups -OCH3 is 3. The fourth-order valence-corrected chi connectivity index (χ4v) is 7.03. The molecule has 1 aromatic heterocycles. The molecule has 0 saturated carbocycles. The van der Waals surface area contributed by atoms with Crippen LogP contribution < -0.4 is 33.8 Å². The Hall–Kier alpha value is -3.81. The van der Waals surface area contributed by atoms with E-state index in [1.807, 2.05) is 36.4 Å². The van der Waals surface area contributed by atoms with Crippen LogP contribution in [0, 0.1) is 3.57 Å². The minimum absolute atomic E-state index is 0.178. The lowest BCUT2D eigenvalue weighted by Gasteiger charge is -2.25. The van der Waals surface area contributed by atoms with E-state index in [-0.39, 0.29) is 24.3 Å². The Labute approximate surface area is 282 Å². The van der Waals surface area contributed by atoms with Gasteiger partial charge in [0.2, 0.25) is 0 Å². The van der Waals surface area contributed by atoms with E-state index >= 15 is 0 Å². The largest absolute Gasteiger partial charge is 0.493 e. The summed E-state index contributed by atoms with van der Waals surface area (Å²) < 4.78 is 30.9. The van der Waals surface area contributed by atoms with Crippen LogP contribution >= 0.6 is 45.5 Å². The molecule has 0 spiro atoms. The Balaban J connectivity index is 1.60. The van der Waals surface area contributed by atoms with Crippen molar-refractivity contribution in [2.75, 3.05) is 27.9 Å². The second-order valence-corrected chi connectivity index (χ2v) is 12.4. The van der Waals surface area contributed by atoms with Crippen molar-refractivity contribution in [2.45, 2.75) is 26.5 Å². The van der Waals surface area contributed by atoms with Gasteiger partial charge in [0.25, 0.3) is 5.56 Å². The Kier molecular flexibility index (Phi) is 10.2. The van der Waals surface area contributed by atoms with Crippen molar-refractivity contribution in [3.8, 4) is 23.0 Å². The first-order valence-electron chi connectivity index (χ1n) is 13.9. The Bertz CT molecular complexity index is 1990.